The van der Waals surface area contributed by atoms with Crippen molar-refractivity contribution in [3.8, 4) is 5.75 Å². The van der Waals surface area contributed by atoms with E-state index in [4.69, 9.17) is 4.74 Å². The Labute approximate surface area is 188 Å². The minimum Gasteiger partial charge on any atom is -0.497 e. The molecular weight excluding hydrogens is 424 g/mol. The van der Waals surface area contributed by atoms with Crippen LogP contribution in [0.1, 0.15) is 32.6 Å². The summed E-state index contributed by atoms with van der Waals surface area (Å²) < 4.78 is 33.3. The fraction of sp³-hybridized carbons (Fsp3) is 0.240. The number of fused-ring (bicyclic) bond motifs is 1. The van der Waals surface area contributed by atoms with Gasteiger partial charge in [0, 0.05) is 24.3 Å². The van der Waals surface area contributed by atoms with Gasteiger partial charge in [-0.05, 0) is 85.0 Å². The maximum atomic E-state index is 13.1. The number of methoxy groups -OCH3 is 1. The quantitative estimate of drug-likeness (QED) is 0.616. The molecule has 6 nitrogen and oxygen atoms in total. The molecule has 1 aliphatic rings. The van der Waals surface area contributed by atoms with Gasteiger partial charge in [0.2, 0.25) is 10.0 Å². The van der Waals surface area contributed by atoms with Crippen molar-refractivity contribution < 1.29 is 17.9 Å². The lowest BCUT2D eigenvalue weighted by Crippen LogP contribution is -2.29. The predicted octanol–water partition coefficient (Wildman–Crippen LogP) is 3.99. The summed E-state index contributed by atoms with van der Waals surface area (Å²) in [7, 11) is -2.05. The molecule has 1 aliphatic heterocycles. The number of carbonyl (C=O) groups excluding carboxylic acids is 1. The molecule has 3 aromatic rings. The largest absolute Gasteiger partial charge is 0.497 e. The number of hydrogen-bond acceptors (Lipinski definition) is 4. The fourth-order valence-corrected chi connectivity index (χ4v) is 4.88. The van der Waals surface area contributed by atoms with Gasteiger partial charge < -0.3 is 9.64 Å². The van der Waals surface area contributed by atoms with Crippen LogP contribution in [-0.4, -0.2) is 28.0 Å². The zero-order chi connectivity index (χ0) is 22.9. The van der Waals surface area contributed by atoms with E-state index >= 15 is 0 Å². The first-order chi connectivity index (χ1) is 15.3. The van der Waals surface area contributed by atoms with Gasteiger partial charge in [-0.3, -0.25) is 4.79 Å². The van der Waals surface area contributed by atoms with Gasteiger partial charge in [0.05, 0.1) is 12.0 Å². The van der Waals surface area contributed by atoms with E-state index in [-0.39, 0.29) is 17.3 Å². The highest BCUT2D eigenvalue weighted by Gasteiger charge is 2.26. The van der Waals surface area contributed by atoms with Crippen LogP contribution in [0, 0.1) is 13.8 Å². The molecule has 0 fully saturated rings. The Balaban J connectivity index is 1.52. The van der Waals surface area contributed by atoms with Crippen molar-refractivity contribution in [3.05, 3.63) is 88.5 Å². The summed E-state index contributed by atoms with van der Waals surface area (Å²) in [6.07, 6.45) is 0.770. The zero-order valence-electron chi connectivity index (χ0n) is 18.4. The molecule has 3 aromatic carbocycles. The number of ether oxygens (including phenoxy) is 1. The van der Waals surface area contributed by atoms with Gasteiger partial charge in [-0.15, -0.1) is 0 Å². The number of amides is 1. The lowest BCUT2D eigenvalue weighted by molar-refractivity contribution is 0.0989. The molecular formula is C25H26N2O4S. The van der Waals surface area contributed by atoms with Gasteiger partial charge in [0.15, 0.2) is 0 Å². The molecule has 0 aliphatic carbocycles. The Kier molecular flexibility index (Phi) is 6.04. The highest BCUT2D eigenvalue weighted by Crippen LogP contribution is 2.31. The summed E-state index contributed by atoms with van der Waals surface area (Å²) in [5, 5.41) is 0. The summed E-state index contributed by atoms with van der Waals surface area (Å²) in [6.45, 7) is 4.58. The third-order valence-corrected chi connectivity index (χ3v) is 7.28. The molecule has 0 spiro atoms. The normalized spacial score (nSPS) is 13.2. The lowest BCUT2D eigenvalue weighted by atomic mass is 10.1. The van der Waals surface area contributed by atoms with Gasteiger partial charge in [0.1, 0.15) is 5.75 Å². The number of carbonyl (C=O) groups is 1. The summed E-state index contributed by atoms with van der Waals surface area (Å²) in [4.78, 5) is 15.1. The number of anilines is 1. The first kappa shape index (κ1) is 22.0. The summed E-state index contributed by atoms with van der Waals surface area (Å²) in [5.41, 5.74) is 5.26. The van der Waals surface area contributed by atoms with Gasteiger partial charge in [-0.1, -0.05) is 18.2 Å². The minimum atomic E-state index is -3.63. The van der Waals surface area contributed by atoms with Crippen LogP contribution in [0.2, 0.25) is 0 Å². The number of sulfonamides is 1. The molecule has 0 bridgehead atoms. The zero-order valence-corrected chi connectivity index (χ0v) is 19.2. The SMILES string of the molecule is COc1ccc(C(=O)N2CCc3ccc(CNS(=O)(=O)c4ccc(C)c(C)c4)cc32)cc1. The molecule has 0 unspecified atom stereocenters. The van der Waals surface area contributed by atoms with E-state index < -0.39 is 10.0 Å². The molecule has 166 valence electrons. The van der Waals surface area contributed by atoms with E-state index in [0.717, 1.165) is 34.4 Å². The van der Waals surface area contributed by atoms with Crippen LogP contribution < -0.4 is 14.4 Å². The number of nitrogens with zero attached hydrogens (tertiary/aromatic N) is 1. The van der Waals surface area contributed by atoms with E-state index in [0.29, 0.717) is 17.9 Å². The van der Waals surface area contributed by atoms with E-state index in [9.17, 15) is 13.2 Å². The molecule has 1 heterocycles. The van der Waals surface area contributed by atoms with E-state index in [2.05, 4.69) is 4.72 Å². The molecule has 1 N–H and O–H groups in total. The number of nitrogens with one attached hydrogen (secondary N) is 1. The van der Waals surface area contributed by atoms with Crippen molar-refractivity contribution in [2.45, 2.75) is 31.7 Å². The van der Waals surface area contributed by atoms with Crippen molar-refractivity contribution in [2.75, 3.05) is 18.6 Å². The third-order valence-electron chi connectivity index (χ3n) is 5.88. The third kappa shape index (κ3) is 4.40. The first-order valence-corrected chi connectivity index (χ1v) is 11.9. The van der Waals surface area contributed by atoms with Gasteiger partial charge in [-0.2, -0.15) is 0 Å². The van der Waals surface area contributed by atoms with E-state index in [1.807, 2.05) is 38.1 Å². The Morgan fingerprint density at radius 2 is 1.75 bits per heavy atom. The fourth-order valence-electron chi connectivity index (χ4n) is 3.78. The molecule has 0 saturated carbocycles. The first-order valence-electron chi connectivity index (χ1n) is 10.4. The van der Waals surface area contributed by atoms with Gasteiger partial charge in [0.25, 0.3) is 5.91 Å². The summed E-state index contributed by atoms with van der Waals surface area (Å²) in [6, 6.07) is 17.9. The Morgan fingerprint density at radius 3 is 2.44 bits per heavy atom. The van der Waals surface area contributed by atoms with Crippen LogP contribution >= 0.6 is 0 Å². The standard InChI is InChI=1S/C25H26N2O4S/c1-17-4-11-23(14-18(17)2)32(29,30)26-16-19-5-6-20-12-13-27(24(20)15-19)25(28)21-7-9-22(31-3)10-8-21/h4-11,14-15,26H,12-13,16H2,1-3H3. The highest BCUT2D eigenvalue weighted by atomic mass is 32.2. The average molecular weight is 451 g/mol. The topological polar surface area (TPSA) is 75.7 Å². The van der Waals surface area contributed by atoms with Gasteiger partial charge >= 0.3 is 0 Å². The Hall–Kier alpha value is -3.16. The second-order valence-electron chi connectivity index (χ2n) is 7.97. The van der Waals surface area contributed by atoms with Crippen molar-refractivity contribution in [1.82, 2.24) is 4.72 Å². The molecule has 7 heteroatoms. The van der Waals surface area contributed by atoms with Crippen molar-refractivity contribution in [1.29, 1.82) is 0 Å². The van der Waals surface area contributed by atoms with Crippen molar-refractivity contribution >= 4 is 21.6 Å². The van der Waals surface area contributed by atoms with Crippen LogP contribution in [0.25, 0.3) is 0 Å². The van der Waals surface area contributed by atoms with Gasteiger partial charge in [-0.25, -0.2) is 13.1 Å². The predicted molar refractivity (Wildman–Crippen MR) is 125 cm³/mol. The summed E-state index contributed by atoms with van der Waals surface area (Å²) in [5.74, 6) is 0.612. The highest BCUT2D eigenvalue weighted by molar-refractivity contribution is 7.89. The molecule has 0 aromatic heterocycles. The number of benzene rings is 3. The van der Waals surface area contributed by atoms with Crippen molar-refractivity contribution in [2.24, 2.45) is 0 Å². The second kappa shape index (κ2) is 8.76. The van der Waals surface area contributed by atoms with E-state index in [1.165, 1.54) is 0 Å². The molecule has 0 atom stereocenters. The van der Waals surface area contributed by atoms with E-state index in [1.54, 1.807) is 48.4 Å². The molecule has 0 radical (unpaired) electrons. The molecule has 1 amide bonds. The van der Waals surface area contributed by atoms with Crippen LogP contribution in [0.15, 0.2) is 65.6 Å². The second-order valence-corrected chi connectivity index (χ2v) is 9.74. The minimum absolute atomic E-state index is 0.0840. The average Bonchev–Trinajstić information content (AvgIpc) is 3.22. The maximum absolute atomic E-state index is 13.1. The number of rotatable bonds is 6. The number of hydrogen-bond donors (Lipinski definition) is 1. The van der Waals surface area contributed by atoms with Crippen LogP contribution in [0.3, 0.4) is 0 Å². The monoisotopic (exact) mass is 450 g/mol. The lowest BCUT2D eigenvalue weighted by Gasteiger charge is -2.18. The van der Waals surface area contributed by atoms with Crippen LogP contribution in [-0.2, 0) is 23.0 Å². The smallest absolute Gasteiger partial charge is 0.258 e. The van der Waals surface area contributed by atoms with Crippen LogP contribution in [0.4, 0.5) is 5.69 Å². The summed E-state index contributed by atoms with van der Waals surface area (Å²) >= 11 is 0. The Morgan fingerprint density at radius 1 is 1.00 bits per heavy atom. The van der Waals surface area contributed by atoms with Crippen LogP contribution in [0.5, 0.6) is 5.75 Å². The molecule has 4 rings (SSSR count). The Bertz CT molecular complexity index is 1270. The maximum Gasteiger partial charge on any atom is 0.258 e. The number of aryl methyl sites for hydroxylation is 2. The van der Waals surface area contributed by atoms with Crippen molar-refractivity contribution in [3.63, 3.8) is 0 Å². The molecule has 32 heavy (non-hydrogen) atoms. The molecule has 0 saturated heterocycles.